The van der Waals surface area contributed by atoms with Crippen molar-refractivity contribution in [3.63, 3.8) is 0 Å². The molecule has 2 heteroatoms. The van der Waals surface area contributed by atoms with Crippen LogP contribution < -0.4 is 0 Å². The summed E-state index contributed by atoms with van der Waals surface area (Å²) in [5.41, 5.74) is 11.5. The largest absolute Gasteiger partial charge is 0.299 e. The summed E-state index contributed by atoms with van der Waals surface area (Å²) in [6.45, 7) is 23.6. The van der Waals surface area contributed by atoms with E-state index in [-0.39, 0.29) is 0 Å². The van der Waals surface area contributed by atoms with Gasteiger partial charge in [-0.3, -0.25) is 9.88 Å². The first-order chi connectivity index (χ1) is 18.8. The Kier molecular flexibility index (Phi) is 13.7. The summed E-state index contributed by atoms with van der Waals surface area (Å²) in [6, 6.07) is 17.7. The third-order valence-corrected chi connectivity index (χ3v) is 7.79. The van der Waals surface area contributed by atoms with Crippen molar-refractivity contribution in [3.05, 3.63) is 101 Å². The molecule has 0 atom stereocenters. The van der Waals surface area contributed by atoms with Crippen molar-refractivity contribution in [1.29, 1.82) is 0 Å². The molecule has 0 amide bonds. The average molecular weight is 527 g/mol. The van der Waals surface area contributed by atoms with Crippen molar-refractivity contribution in [3.8, 4) is 11.1 Å². The Balaban J connectivity index is 0.000000343. The van der Waals surface area contributed by atoms with Crippen molar-refractivity contribution >= 4 is 0 Å². The van der Waals surface area contributed by atoms with Crippen molar-refractivity contribution in [2.75, 3.05) is 13.1 Å². The van der Waals surface area contributed by atoms with Gasteiger partial charge >= 0.3 is 0 Å². The molecule has 2 nitrogen and oxygen atoms in total. The first-order valence-corrected chi connectivity index (χ1v) is 15.2. The summed E-state index contributed by atoms with van der Waals surface area (Å²) in [7, 11) is 0. The Morgan fingerprint density at radius 1 is 0.846 bits per heavy atom. The number of aromatic nitrogens is 1. The van der Waals surface area contributed by atoms with E-state index in [1.54, 1.807) is 6.08 Å². The maximum absolute atomic E-state index is 4.55. The van der Waals surface area contributed by atoms with E-state index < -0.39 is 0 Å². The predicted octanol–water partition coefficient (Wildman–Crippen LogP) is 10.2. The van der Waals surface area contributed by atoms with E-state index in [1.165, 1.54) is 90.6 Å². The molecule has 1 saturated carbocycles. The van der Waals surface area contributed by atoms with Gasteiger partial charge in [-0.1, -0.05) is 86.9 Å². The SMILES string of the molecule is C=CC.CC.CCCc1cc(CN2CCC3(CC2)CC3)c(-c2ccc(C)nc2)cc1C.Cc1ccc(C)cc1. The van der Waals surface area contributed by atoms with E-state index in [0.717, 1.165) is 17.7 Å². The van der Waals surface area contributed by atoms with Crippen molar-refractivity contribution < 1.29 is 0 Å². The minimum absolute atomic E-state index is 0.751. The summed E-state index contributed by atoms with van der Waals surface area (Å²) >= 11 is 0. The lowest BCUT2D eigenvalue weighted by molar-refractivity contribution is 0.166. The van der Waals surface area contributed by atoms with Gasteiger partial charge in [0, 0.05) is 24.0 Å². The molecule has 1 spiro atoms. The number of pyridine rings is 1. The fourth-order valence-corrected chi connectivity index (χ4v) is 5.11. The normalized spacial score (nSPS) is 15.1. The summed E-state index contributed by atoms with van der Waals surface area (Å²) < 4.78 is 0. The molecule has 2 aromatic carbocycles. The smallest absolute Gasteiger partial charge is 0.0373 e. The highest BCUT2D eigenvalue weighted by molar-refractivity contribution is 5.68. The Bertz CT molecular complexity index is 1090. The summed E-state index contributed by atoms with van der Waals surface area (Å²) in [5, 5.41) is 0. The molecule has 212 valence electrons. The molecule has 2 aliphatic rings. The van der Waals surface area contributed by atoms with Gasteiger partial charge in [0.1, 0.15) is 0 Å². The van der Waals surface area contributed by atoms with E-state index in [9.17, 15) is 0 Å². The third-order valence-electron chi connectivity index (χ3n) is 7.79. The molecule has 0 bridgehead atoms. The molecule has 1 aliphatic heterocycles. The molecule has 3 aromatic rings. The van der Waals surface area contributed by atoms with E-state index in [2.05, 4.69) is 99.6 Å². The van der Waals surface area contributed by atoms with Crippen LogP contribution in [0.4, 0.5) is 0 Å². The maximum Gasteiger partial charge on any atom is 0.0373 e. The minimum Gasteiger partial charge on any atom is -0.299 e. The number of piperidine rings is 1. The fraction of sp³-hybridized carbons (Fsp3) is 0.486. The van der Waals surface area contributed by atoms with E-state index in [0.29, 0.717) is 0 Å². The lowest BCUT2D eigenvalue weighted by Gasteiger charge is -2.32. The molecule has 39 heavy (non-hydrogen) atoms. The molecule has 2 heterocycles. The van der Waals surface area contributed by atoms with Crippen LogP contribution in [0.3, 0.4) is 0 Å². The van der Waals surface area contributed by atoms with Crippen LogP contribution in [0.25, 0.3) is 11.1 Å². The second-order valence-corrected chi connectivity index (χ2v) is 11.2. The summed E-state index contributed by atoms with van der Waals surface area (Å²) in [5.74, 6) is 0. The molecule has 5 rings (SSSR count). The number of rotatable bonds is 5. The zero-order valence-corrected chi connectivity index (χ0v) is 26.2. The lowest BCUT2D eigenvalue weighted by Crippen LogP contribution is -2.34. The van der Waals surface area contributed by atoms with Crippen LogP contribution in [-0.2, 0) is 13.0 Å². The molecular weight excluding hydrogens is 472 g/mol. The van der Waals surface area contributed by atoms with Gasteiger partial charge in [-0.25, -0.2) is 0 Å². The lowest BCUT2D eigenvalue weighted by atomic mass is 9.91. The molecule has 1 aromatic heterocycles. The van der Waals surface area contributed by atoms with Crippen LogP contribution in [0, 0.1) is 33.1 Å². The predicted molar refractivity (Wildman–Crippen MR) is 172 cm³/mol. The highest BCUT2D eigenvalue weighted by Gasteiger charge is 2.44. The Morgan fingerprint density at radius 3 is 1.87 bits per heavy atom. The Morgan fingerprint density at radius 2 is 1.41 bits per heavy atom. The first-order valence-electron chi connectivity index (χ1n) is 15.2. The van der Waals surface area contributed by atoms with Gasteiger partial charge in [0.05, 0.1) is 0 Å². The second kappa shape index (κ2) is 16.4. The van der Waals surface area contributed by atoms with Crippen LogP contribution >= 0.6 is 0 Å². The topological polar surface area (TPSA) is 16.1 Å². The molecule has 2 fully saturated rings. The molecular formula is C37H54N2. The van der Waals surface area contributed by atoms with Gasteiger partial charge in [0.25, 0.3) is 0 Å². The summed E-state index contributed by atoms with van der Waals surface area (Å²) in [6.07, 6.45) is 11.9. The van der Waals surface area contributed by atoms with E-state index in [4.69, 9.17) is 0 Å². The average Bonchev–Trinajstić information content (AvgIpc) is 3.70. The van der Waals surface area contributed by atoms with Gasteiger partial charge in [0.15, 0.2) is 0 Å². The van der Waals surface area contributed by atoms with Gasteiger partial charge in [-0.15, -0.1) is 6.58 Å². The second-order valence-electron chi connectivity index (χ2n) is 11.2. The Hall–Kier alpha value is -2.71. The number of nitrogens with zero attached hydrogens (tertiary/aromatic N) is 2. The Labute approximate surface area is 240 Å². The van der Waals surface area contributed by atoms with Gasteiger partial charge in [-0.05, 0) is 114 Å². The summed E-state index contributed by atoms with van der Waals surface area (Å²) in [4.78, 5) is 7.22. The molecule has 0 N–H and O–H groups in total. The van der Waals surface area contributed by atoms with Crippen molar-refractivity contribution in [2.45, 2.75) is 100 Å². The molecule has 0 radical (unpaired) electrons. The van der Waals surface area contributed by atoms with Crippen molar-refractivity contribution in [1.82, 2.24) is 9.88 Å². The number of benzene rings is 2. The standard InChI is InChI=1S/C24H32N2.C8H10.C3H6.C2H6/c1-4-5-20-15-22(17-26-12-10-24(8-9-24)11-13-26)23(14-18(20)2)21-7-6-19(3)25-16-21;1-7-3-5-8(2)6-4-7;1-3-2;1-2/h6-7,14-16H,4-5,8-13,17H2,1-3H3;3-6H,1-2H3;3H,1H2,2H3;1-2H3. The fourth-order valence-electron chi connectivity index (χ4n) is 5.11. The zero-order valence-electron chi connectivity index (χ0n) is 26.2. The number of allylic oxidation sites excluding steroid dienone is 1. The van der Waals surface area contributed by atoms with Crippen LogP contribution in [0.2, 0.25) is 0 Å². The quantitative estimate of drug-likeness (QED) is 0.307. The highest BCUT2D eigenvalue weighted by atomic mass is 15.1. The van der Waals surface area contributed by atoms with Gasteiger partial charge in [-0.2, -0.15) is 0 Å². The number of hydrogen-bond donors (Lipinski definition) is 0. The maximum atomic E-state index is 4.55. The molecule has 1 saturated heterocycles. The third kappa shape index (κ3) is 10.4. The van der Waals surface area contributed by atoms with Gasteiger partial charge < -0.3 is 0 Å². The minimum atomic E-state index is 0.751. The highest BCUT2D eigenvalue weighted by Crippen LogP contribution is 2.53. The number of aryl methyl sites for hydroxylation is 5. The van der Waals surface area contributed by atoms with Crippen LogP contribution in [-0.4, -0.2) is 23.0 Å². The molecule has 0 unspecified atom stereocenters. The van der Waals surface area contributed by atoms with E-state index >= 15 is 0 Å². The number of likely N-dealkylation sites (tertiary alicyclic amines) is 1. The molecule has 1 aliphatic carbocycles. The monoisotopic (exact) mass is 526 g/mol. The van der Waals surface area contributed by atoms with Gasteiger partial charge in [0.2, 0.25) is 0 Å². The van der Waals surface area contributed by atoms with Crippen molar-refractivity contribution in [2.24, 2.45) is 5.41 Å². The van der Waals surface area contributed by atoms with Crippen LogP contribution in [0.1, 0.15) is 93.3 Å². The van der Waals surface area contributed by atoms with Crippen LogP contribution in [0.5, 0.6) is 0 Å². The van der Waals surface area contributed by atoms with Crippen LogP contribution in [0.15, 0.2) is 67.4 Å². The zero-order chi connectivity index (χ0) is 28.8. The first kappa shape index (κ1) is 32.5. The van der Waals surface area contributed by atoms with E-state index in [1.807, 2.05) is 27.0 Å². The number of hydrogen-bond acceptors (Lipinski definition) is 2.